The van der Waals surface area contributed by atoms with Gasteiger partial charge in [-0.3, -0.25) is 4.79 Å². The van der Waals surface area contributed by atoms with Crippen molar-refractivity contribution in [2.75, 3.05) is 5.32 Å². The van der Waals surface area contributed by atoms with E-state index in [1.807, 2.05) is 13.8 Å². The molecular weight excluding hydrogens is 469 g/mol. The minimum absolute atomic E-state index is 0.0627. The number of thioether (sulfide) groups is 1. The lowest BCUT2D eigenvalue weighted by molar-refractivity contribution is -0.115. The molecule has 2 aromatic carbocycles. The number of aryl methyl sites for hydroxylation is 2. The number of benzene rings is 2. The molecule has 4 rings (SSSR count). The number of phenolic OH excluding ortho intramolecular Hbond substituents is 1. The predicted octanol–water partition coefficient (Wildman–Crippen LogP) is 6.59. The Hall–Kier alpha value is -2.68. The van der Waals surface area contributed by atoms with E-state index in [1.54, 1.807) is 36.5 Å². The molecule has 2 aromatic heterocycles. The van der Waals surface area contributed by atoms with Gasteiger partial charge in [0.1, 0.15) is 27.2 Å². The van der Waals surface area contributed by atoms with Crippen molar-refractivity contribution in [1.29, 1.82) is 0 Å². The molecule has 0 saturated heterocycles. The van der Waals surface area contributed by atoms with Crippen LogP contribution >= 0.6 is 34.7 Å². The maximum Gasteiger partial charge on any atom is 0.237 e. The molecule has 2 heterocycles. The van der Waals surface area contributed by atoms with Crippen molar-refractivity contribution in [2.24, 2.45) is 0 Å². The number of rotatable bonds is 5. The second-order valence-electron chi connectivity index (χ2n) is 7.21. The number of carbonyl (C=O) groups excluding carboxylic acids is 1. The SMILES string of the molecule is Cc1nc(SC(C)C(=O)Nc2cc(Cl)ccc2O)c2c(-c3ccc(F)cc3)c(C)sc2n1. The van der Waals surface area contributed by atoms with Crippen molar-refractivity contribution in [3.63, 3.8) is 0 Å². The number of fused-ring (bicyclic) bond motifs is 1. The van der Waals surface area contributed by atoms with Crippen LogP contribution in [0.1, 0.15) is 17.6 Å². The smallest absolute Gasteiger partial charge is 0.237 e. The van der Waals surface area contributed by atoms with Gasteiger partial charge >= 0.3 is 0 Å². The molecule has 0 aliphatic heterocycles. The molecule has 0 radical (unpaired) electrons. The number of nitrogens with zero attached hydrogens (tertiary/aromatic N) is 2. The number of hydrogen-bond donors (Lipinski definition) is 2. The van der Waals surface area contributed by atoms with Crippen LogP contribution in [0.15, 0.2) is 47.5 Å². The molecule has 0 saturated carbocycles. The van der Waals surface area contributed by atoms with Crippen LogP contribution in [0, 0.1) is 19.7 Å². The van der Waals surface area contributed by atoms with Gasteiger partial charge in [-0.25, -0.2) is 14.4 Å². The Morgan fingerprint density at radius 3 is 2.62 bits per heavy atom. The van der Waals surface area contributed by atoms with Crippen LogP contribution in [-0.4, -0.2) is 26.2 Å². The first kappa shape index (κ1) is 22.5. The molecule has 0 spiro atoms. The van der Waals surface area contributed by atoms with Crippen LogP contribution in [0.5, 0.6) is 5.75 Å². The summed E-state index contributed by atoms with van der Waals surface area (Å²) in [6.45, 7) is 5.57. The average molecular weight is 488 g/mol. The van der Waals surface area contributed by atoms with Gasteiger partial charge in [-0.2, -0.15) is 0 Å². The summed E-state index contributed by atoms with van der Waals surface area (Å²) in [4.78, 5) is 23.9. The van der Waals surface area contributed by atoms with E-state index in [-0.39, 0.29) is 23.2 Å². The number of aromatic hydroxyl groups is 1. The largest absolute Gasteiger partial charge is 0.506 e. The number of carbonyl (C=O) groups is 1. The van der Waals surface area contributed by atoms with Gasteiger partial charge in [0.15, 0.2) is 0 Å². The second kappa shape index (κ2) is 9.05. The van der Waals surface area contributed by atoms with Gasteiger partial charge in [0.05, 0.1) is 16.3 Å². The monoisotopic (exact) mass is 487 g/mol. The molecule has 1 amide bonds. The van der Waals surface area contributed by atoms with Gasteiger partial charge in [0.2, 0.25) is 5.91 Å². The van der Waals surface area contributed by atoms with E-state index in [0.29, 0.717) is 15.9 Å². The van der Waals surface area contributed by atoms with E-state index in [2.05, 4.69) is 15.3 Å². The quantitative estimate of drug-likeness (QED) is 0.188. The van der Waals surface area contributed by atoms with Gasteiger partial charge < -0.3 is 10.4 Å². The normalized spacial score (nSPS) is 12.2. The third-order valence-corrected chi connectivity index (χ3v) is 7.13. The molecule has 0 bridgehead atoms. The lowest BCUT2D eigenvalue weighted by Crippen LogP contribution is -2.22. The van der Waals surface area contributed by atoms with Gasteiger partial charge in [0, 0.05) is 15.5 Å². The Balaban J connectivity index is 1.70. The average Bonchev–Trinajstić information content (AvgIpc) is 3.07. The van der Waals surface area contributed by atoms with E-state index in [4.69, 9.17) is 11.6 Å². The third-order valence-electron chi connectivity index (χ3n) is 4.81. The Morgan fingerprint density at radius 2 is 1.91 bits per heavy atom. The highest BCUT2D eigenvalue weighted by Gasteiger charge is 2.23. The number of amides is 1. The van der Waals surface area contributed by atoms with Gasteiger partial charge in [0.25, 0.3) is 0 Å². The Bertz CT molecular complexity index is 1330. The first-order valence-electron chi connectivity index (χ1n) is 9.72. The maximum atomic E-state index is 13.5. The zero-order valence-corrected chi connectivity index (χ0v) is 19.8. The van der Waals surface area contributed by atoms with Gasteiger partial charge in [-0.15, -0.1) is 11.3 Å². The summed E-state index contributed by atoms with van der Waals surface area (Å²) in [6.07, 6.45) is 0. The highest BCUT2D eigenvalue weighted by atomic mass is 35.5. The van der Waals surface area contributed by atoms with Crippen LogP contribution in [0.25, 0.3) is 21.3 Å². The zero-order valence-electron chi connectivity index (χ0n) is 17.4. The van der Waals surface area contributed by atoms with E-state index < -0.39 is 5.25 Å². The fraction of sp³-hybridized carbons (Fsp3) is 0.174. The summed E-state index contributed by atoms with van der Waals surface area (Å²) in [7, 11) is 0. The molecule has 0 fully saturated rings. The van der Waals surface area contributed by atoms with Gasteiger partial charge in [-0.1, -0.05) is 35.5 Å². The number of nitrogens with one attached hydrogen (secondary N) is 1. The van der Waals surface area contributed by atoms with Crippen molar-refractivity contribution in [3.8, 4) is 16.9 Å². The van der Waals surface area contributed by atoms with Crippen LogP contribution < -0.4 is 5.32 Å². The molecule has 5 nitrogen and oxygen atoms in total. The Labute approximate surface area is 197 Å². The minimum Gasteiger partial charge on any atom is -0.506 e. The molecule has 1 unspecified atom stereocenters. The molecular formula is C23H19ClFN3O2S2. The van der Waals surface area contributed by atoms with Crippen molar-refractivity contribution in [1.82, 2.24) is 9.97 Å². The van der Waals surface area contributed by atoms with Crippen molar-refractivity contribution < 1.29 is 14.3 Å². The summed E-state index contributed by atoms with van der Waals surface area (Å²) in [5, 5.41) is 14.1. The fourth-order valence-corrected chi connectivity index (χ4v) is 5.62. The highest BCUT2D eigenvalue weighted by molar-refractivity contribution is 8.00. The number of anilines is 1. The summed E-state index contributed by atoms with van der Waals surface area (Å²) in [5.74, 6) is -0.0614. The van der Waals surface area contributed by atoms with E-state index in [0.717, 1.165) is 26.2 Å². The number of thiophene rings is 1. The summed E-state index contributed by atoms with van der Waals surface area (Å²) < 4.78 is 13.5. The highest BCUT2D eigenvalue weighted by Crippen LogP contribution is 2.42. The lowest BCUT2D eigenvalue weighted by Gasteiger charge is -2.14. The molecule has 1 atom stereocenters. The molecule has 32 heavy (non-hydrogen) atoms. The topological polar surface area (TPSA) is 75.1 Å². The van der Waals surface area contributed by atoms with Gasteiger partial charge in [-0.05, 0) is 56.7 Å². The summed E-state index contributed by atoms with van der Waals surface area (Å²) in [5.41, 5.74) is 2.05. The molecule has 2 N–H and O–H groups in total. The maximum absolute atomic E-state index is 13.5. The van der Waals surface area contributed by atoms with Crippen molar-refractivity contribution >= 4 is 56.5 Å². The third kappa shape index (κ3) is 4.57. The fourth-order valence-electron chi connectivity index (χ4n) is 3.30. The second-order valence-corrected chi connectivity index (χ2v) is 10.2. The number of aromatic nitrogens is 2. The van der Waals surface area contributed by atoms with Crippen LogP contribution in [-0.2, 0) is 4.79 Å². The molecule has 9 heteroatoms. The Kier molecular flexibility index (Phi) is 6.37. The van der Waals surface area contributed by atoms with Crippen molar-refractivity contribution in [2.45, 2.75) is 31.0 Å². The first-order chi connectivity index (χ1) is 15.2. The van der Waals surface area contributed by atoms with E-state index >= 15 is 0 Å². The van der Waals surface area contributed by atoms with Crippen LogP contribution in [0.2, 0.25) is 5.02 Å². The standard InChI is InChI=1S/C23H19ClFN3O2S2/c1-11-19(14-4-7-16(25)8-5-14)20-22(31-11)26-13(3)27-23(20)32-12(2)21(30)28-17-10-15(24)6-9-18(17)29/h4-10,12,29H,1-3H3,(H,28,30). The molecule has 164 valence electrons. The summed E-state index contributed by atoms with van der Waals surface area (Å²) >= 11 is 8.82. The van der Waals surface area contributed by atoms with Crippen molar-refractivity contribution in [3.05, 3.63) is 64.0 Å². The Morgan fingerprint density at radius 1 is 1.19 bits per heavy atom. The van der Waals surface area contributed by atoms with E-state index in [9.17, 15) is 14.3 Å². The lowest BCUT2D eigenvalue weighted by atomic mass is 10.0. The van der Waals surface area contributed by atoms with Crippen LogP contribution in [0.4, 0.5) is 10.1 Å². The summed E-state index contributed by atoms with van der Waals surface area (Å²) in [6, 6.07) is 10.8. The first-order valence-corrected chi connectivity index (χ1v) is 11.8. The van der Waals surface area contributed by atoms with E-state index in [1.165, 1.54) is 36.0 Å². The van der Waals surface area contributed by atoms with Crippen LogP contribution in [0.3, 0.4) is 0 Å². The minimum atomic E-state index is -0.521. The number of phenols is 1. The number of halogens is 2. The molecule has 0 aliphatic carbocycles. The predicted molar refractivity (Wildman–Crippen MR) is 129 cm³/mol. The molecule has 0 aliphatic rings. The zero-order chi connectivity index (χ0) is 23.0. The number of hydrogen-bond acceptors (Lipinski definition) is 6. The molecule has 4 aromatic rings.